The van der Waals surface area contributed by atoms with Crippen LogP contribution in [0.2, 0.25) is 0 Å². The Morgan fingerprint density at radius 3 is 2.43 bits per heavy atom. The van der Waals surface area contributed by atoms with E-state index in [1.807, 2.05) is 18.2 Å². The molecule has 2 N–H and O–H groups in total. The topological polar surface area (TPSA) is 66.4 Å². The van der Waals surface area contributed by atoms with Crippen LogP contribution in [-0.4, -0.2) is 17.0 Å². The number of carbonyl (C=O) groups is 2. The van der Waals surface area contributed by atoms with Crippen LogP contribution in [0.25, 0.3) is 0 Å². The molecule has 0 aliphatic heterocycles. The zero-order valence-electron chi connectivity index (χ0n) is 10.8. The maximum absolute atomic E-state index is 11.7. The van der Waals surface area contributed by atoms with Crippen molar-refractivity contribution >= 4 is 33.5 Å². The molecular formula is C16H10BrNO3. The largest absolute Gasteiger partial charge is 0.478 e. The van der Waals surface area contributed by atoms with E-state index >= 15 is 0 Å². The Labute approximate surface area is 129 Å². The van der Waals surface area contributed by atoms with Crippen LogP contribution in [0.5, 0.6) is 0 Å². The average molecular weight is 344 g/mol. The smallest absolute Gasteiger partial charge is 0.335 e. The number of nitrogens with one attached hydrogen (secondary N) is 1. The van der Waals surface area contributed by atoms with Crippen molar-refractivity contribution in [2.75, 3.05) is 5.32 Å². The molecule has 0 fully saturated rings. The Morgan fingerprint density at radius 1 is 1.10 bits per heavy atom. The van der Waals surface area contributed by atoms with E-state index in [-0.39, 0.29) is 5.56 Å². The standard InChI is InChI=1S/C16H10BrNO3/c17-13-10-12(16(20)21)7-8-14(13)18-15(19)9-6-11-4-2-1-3-5-11/h1-5,7-8,10H,(H,18,19)(H,20,21). The molecule has 0 aliphatic carbocycles. The highest BCUT2D eigenvalue weighted by molar-refractivity contribution is 9.10. The van der Waals surface area contributed by atoms with Crippen molar-refractivity contribution in [1.82, 2.24) is 0 Å². The van der Waals surface area contributed by atoms with E-state index < -0.39 is 11.9 Å². The highest BCUT2D eigenvalue weighted by Gasteiger charge is 2.08. The second-order valence-corrected chi connectivity index (χ2v) is 4.92. The quantitative estimate of drug-likeness (QED) is 0.823. The summed E-state index contributed by atoms with van der Waals surface area (Å²) in [6.45, 7) is 0. The van der Waals surface area contributed by atoms with Gasteiger partial charge in [-0.2, -0.15) is 0 Å². The van der Waals surface area contributed by atoms with E-state index in [1.165, 1.54) is 18.2 Å². The highest BCUT2D eigenvalue weighted by Crippen LogP contribution is 2.23. The fourth-order valence-corrected chi connectivity index (χ4v) is 2.03. The minimum absolute atomic E-state index is 0.134. The number of hydrogen-bond donors (Lipinski definition) is 2. The molecule has 0 atom stereocenters. The van der Waals surface area contributed by atoms with Crippen LogP contribution in [0.15, 0.2) is 53.0 Å². The summed E-state index contributed by atoms with van der Waals surface area (Å²) in [6.07, 6.45) is 0. The summed E-state index contributed by atoms with van der Waals surface area (Å²) < 4.78 is 0.484. The van der Waals surface area contributed by atoms with E-state index in [0.29, 0.717) is 10.2 Å². The second kappa shape index (κ2) is 6.73. The Kier molecular flexibility index (Phi) is 4.75. The number of carboxylic acid groups (broad SMARTS) is 1. The van der Waals surface area contributed by atoms with Gasteiger partial charge in [-0.1, -0.05) is 24.1 Å². The van der Waals surface area contributed by atoms with Crippen LogP contribution in [0.3, 0.4) is 0 Å². The van der Waals surface area contributed by atoms with E-state index in [1.54, 1.807) is 12.1 Å². The van der Waals surface area contributed by atoms with E-state index in [0.717, 1.165) is 5.56 Å². The molecule has 5 heteroatoms. The Bertz CT molecular complexity index is 745. The van der Waals surface area contributed by atoms with Crippen LogP contribution in [0, 0.1) is 11.8 Å². The van der Waals surface area contributed by atoms with Gasteiger partial charge in [-0.15, -0.1) is 0 Å². The number of halogens is 1. The zero-order valence-corrected chi connectivity index (χ0v) is 12.3. The van der Waals surface area contributed by atoms with Gasteiger partial charge in [0, 0.05) is 16.0 Å². The van der Waals surface area contributed by atoms with Crippen molar-refractivity contribution in [3.63, 3.8) is 0 Å². The van der Waals surface area contributed by atoms with Gasteiger partial charge in [0.25, 0.3) is 0 Å². The summed E-state index contributed by atoms with van der Waals surface area (Å²) >= 11 is 3.21. The first-order valence-electron chi connectivity index (χ1n) is 5.97. The van der Waals surface area contributed by atoms with Crippen molar-refractivity contribution in [2.45, 2.75) is 0 Å². The maximum Gasteiger partial charge on any atom is 0.335 e. The molecule has 0 saturated carbocycles. The van der Waals surface area contributed by atoms with Crippen LogP contribution < -0.4 is 5.32 Å². The van der Waals surface area contributed by atoms with Gasteiger partial charge < -0.3 is 10.4 Å². The molecule has 0 bridgehead atoms. The molecule has 0 saturated heterocycles. The van der Waals surface area contributed by atoms with E-state index in [2.05, 4.69) is 33.1 Å². The van der Waals surface area contributed by atoms with Gasteiger partial charge in [-0.3, -0.25) is 4.79 Å². The summed E-state index contributed by atoms with van der Waals surface area (Å²) in [5, 5.41) is 11.5. The second-order valence-electron chi connectivity index (χ2n) is 4.07. The first-order chi connectivity index (χ1) is 10.1. The summed E-state index contributed by atoms with van der Waals surface area (Å²) in [4.78, 5) is 22.6. The van der Waals surface area contributed by atoms with Gasteiger partial charge >= 0.3 is 11.9 Å². The first kappa shape index (κ1) is 14.8. The Balaban J connectivity index is 2.10. The number of benzene rings is 2. The number of amides is 1. The van der Waals surface area contributed by atoms with Crippen molar-refractivity contribution < 1.29 is 14.7 Å². The van der Waals surface area contributed by atoms with E-state index in [9.17, 15) is 9.59 Å². The van der Waals surface area contributed by atoms with Crippen LogP contribution >= 0.6 is 15.9 Å². The first-order valence-corrected chi connectivity index (χ1v) is 6.76. The lowest BCUT2D eigenvalue weighted by Crippen LogP contribution is -2.09. The van der Waals surface area contributed by atoms with Gasteiger partial charge in [0.15, 0.2) is 0 Å². The Hall–Kier alpha value is -2.58. The van der Waals surface area contributed by atoms with Crippen LogP contribution in [0.4, 0.5) is 5.69 Å². The summed E-state index contributed by atoms with van der Waals surface area (Å²) in [7, 11) is 0. The molecule has 1 amide bonds. The van der Waals surface area contributed by atoms with Crippen LogP contribution in [-0.2, 0) is 4.79 Å². The summed E-state index contributed by atoms with van der Waals surface area (Å²) in [5.41, 5.74) is 1.34. The van der Waals surface area contributed by atoms with Gasteiger partial charge in [0.2, 0.25) is 0 Å². The third-order valence-corrected chi connectivity index (χ3v) is 3.21. The number of anilines is 1. The molecule has 2 aromatic rings. The van der Waals surface area contributed by atoms with Gasteiger partial charge in [0.05, 0.1) is 11.3 Å². The fraction of sp³-hybridized carbons (Fsp3) is 0. The highest BCUT2D eigenvalue weighted by atomic mass is 79.9. The van der Waals surface area contributed by atoms with Gasteiger partial charge in [-0.25, -0.2) is 4.79 Å². The molecule has 0 heterocycles. The molecule has 104 valence electrons. The predicted molar refractivity (Wildman–Crippen MR) is 83.1 cm³/mol. The zero-order chi connectivity index (χ0) is 15.2. The molecule has 2 rings (SSSR count). The number of carbonyl (C=O) groups excluding carboxylic acids is 1. The molecule has 0 aromatic heterocycles. The molecule has 0 radical (unpaired) electrons. The molecule has 21 heavy (non-hydrogen) atoms. The number of carboxylic acids is 1. The molecule has 2 aromatic carbocycles. The van der Waals surface area contributed by atoms with Crippen molar-refractivity contribution in [3.8, 4) is 11.8 Å². The average Bonchev–Trinajstić information content (AvgIpc) is 2.48. The molecule has 0 spiro atoms. The minimum Gasteiger partial charge on any atom is -0.478 e. The lowest BCUT2D eigenvalue weighted by Gasteiger charge is -2.04. The number of hydrogen-bond acceptors (Lipinski definition) is 2. The van der Waals surface area contributed by atoms with Crippen molar-refractivity contribution in [3.05, 3.63) is 64.1 Å². The predicted octanol–water partition coefficient (Wildman–Crippen LogP) is 3.14. The molecular weight excluding hydrogens is 334 g/mol. The van der Waals surface area contributed by atoms with Gasteiger partial charge in [-0.05, 0) is 46.3 Å². The Morgan fingerprint density at radius 2 is 1.81 bits per heavy atom. The number of rotatable bonds is 2. The molecule has 0 aliphatic rings. The third kappa shape index (κ3) is 4.20. The van der Waals surface area contributed by atoms with Gasteiger partial charge in [0.1, 0.15) is 0 Å². The monoisotopic (exact) mass is 343 g/mol. The lowest BCUT2D eigenvalue weighted by molar-refractivity contribution is -0.111. The summed E-state index contributed by atoms with van der Waals surface area (Å²) in [6, 6.07) is 13.5. The molecule has 0 unspecified atom stereocenters. The van der Waals surface area contributed by atoms with Crippen molar-refractivity contribution in [1.29, 1.82) is 0 Å². The minimum atomic E-state index is -1.03. The van der Waals surface area contributed by atoms with E-state index in [4.69, 9.17) is 5.11 Å². The molecule has 4 nitrogen and oxygen atoms in total. The maximum atomic E-state index is 11.7. The lowest BCUT2D eigenvalue weighted by atomic mass is 10.2. The van der Waals surface area contributed by atoms with Crippen molar-refractivity contribution in [2.24, 2.45) is 0 Å². The third-order valence-electron chi connectivity index (χ3n) is 2.56. The van der Waals surface area contributed by atoms with Crippen LogP contribution in [0.1, 0.15) is 15.9 Å². The normalized spacial score (nSPS) is 9.38. The fourth-order valence-electron chi connectivity index (χ4n) is 1.55. The summed E-state index contributed by atoms with van der Waals surface area (Å²) in [5.74, 6) is 3.72. The SMILES string of the molecule is O=C(C#Cc1ccccc1)Nc1ccc(C(=O)O)cc1Br. The number of aromatic carboxylic acids is 1.